The first kappa shape index (κ1) is 15.5. The molecule has 1 aliphatic rings. The topological polar surface area (TPSA) is 48.4 Å². The maximum absolute atomic E-state index is 4.57. The molecule has 3 rings (SSSR count). The van der Waals surface area contributed by atoms with E-state index in [1.54, 1.807) is 12.4 Å². The number of pyridine rings is 1. The molecule has 1 fully saturated rings. The Morgan fingerprint density at radius 3 is 2.43 bits per heavy atom. The number of nitrogens with zero attached hydrogens (tertiary/aromatic N) is 6. The fourth-order valence-corrected chi connectivity index (χ4v) is 2.98. The Bertz CT molecular complexity index is 657. The molecule has 2 aromatic heterocycles. The largest absolute Gasteiger partial charge is 0.370 e. The number of aromatic nitrogens is 3. The molecule has 6 heteroatoms. The van der Waals surface area contributed by atoms with E-state index in [2.05, 4.69) is 36.9 Å². The Kier molecular flexibility index (Phi) is 4.60. The summed E-state index contributed by atoms with van der Waals surface area (Å²) in [6, 6.07) is 4.25. The lowest BCUT2D eigenvalue weighted by molar-refractivity contribution is 0.792. The molecule has 6 nitrogen and oxygen atoms in total. The van der Waals surface area contributed by atoms with Gasteiger partial charge in [-0.2, -0.15) is 0 Å². The van der Waals surface area contributed by atoms with Crippen LogP contribution in [0, 0.1) is 6.92 Å². The van der Waals surface area contributed by atoms with Crippen LogP contribution in [0.5, 0.6) is 0 Å². The monoisotopic (exact) mass is 312 g/mol. The van der Waals surface area contributed by atoms with Crippen LogP contribution in [0.4, 0.5) is 17.3 Å². The SMILES string of the molecule is Cc1cc(N2CCCN(c3nccnc3N(C)C)CC2)ccn1. The molecule has 0 spiro atoms. The molecule has 0 radical (unpaired) electrons. The van der Waals surface area contributed by atoms with E-state index in [-0.39, 0.29) is 0 Å². The number of hydrogen-bond acceptors (Lipinski definition) is 6. The van der Waals surface area contributed by atoms with E-state index in [9.17, 15) is 0 Å². The van der Waals surface area contributed by atoms with Gasteiger partial charge in [0.1, 0.15) is 0 Å². The summed E-state index contributed by atoms with van der Waals surface area (Å²) in [5, 5.41) is 0. The third-order valence-corrected chi connectivity index (χ3v) is 4.12. The summed E-state index contributed by atoms with van der Waals surface area (Å²) in [5.74, 6) is 1.91. The Balaban J connectivity index is 1.77. The lowest BCUT2D eigenvalue weighted by Gasteiger charge is -2.26. The average molecular weight is 312 g/mol. The number of aryl methyl sites for hydroxylation is 1. The second-order valence-corrected chi connectivity index (χ2v) is 6.08. The Labute approximate surface area is 137 Å². The van der Waals surface area contributed by atoms with Gasteiger partial charge in [-0.05, 0) is 25.5 Å². The van der Waals surface area contributed by atoms with Gasteiger partial charge >= 0.3 is 0 Å². The zero-order chi connectivity index (χ0) is 16.2. The molecule has 0 aliphatic carbocycles. The molecule has 0 saturated carbocycles. The van der Waals surface area contributed by atoms with Gasteiger partial charge in [0, 0.05) is 70.2 Å². The average Bonchev–Trinajstić information content (AvgIpc) is 2.81. The molecular weight excluding hydrogens is 288 g/mol. The van der Waals surface area contributed by atoms with Crippen LogP contribution in [-0.4, -0.2) is 55.2 Å². The van der Waals surface area contributed by atoms with Gasteiger partial charge in [0.2, 0.25) is 0 Å². The minimum atomic E-state index is 0.931. The van der Waals surface area contributed by atoms with Crippen LogP contribution in [0.25, 0.3) is 0 Å². The highest BCUT2D eigenvalue weighted by Gasteiger charge is 2.20. The highest BCUT2D eigenvalue weighted by Crippen LogP contribution is 2.24. The van der Waals surface area contributed by atoms with Gasteiger partial charge in [-0.1, -0.05) is 0 Å². The molecular formula is C17H24N6. The predicted molar refractivity (Wildman–Crippen MR) is 94.4 cm³/mol. The molecule has 0 bridgehead atoms. The van der Waals surface area contributed by atoms with E-state index in [0.717, 1.165) is 49.9 Å². The molecule has 1 saturated heterocycles. The van der Waals surface area contributed by atoms with Crippen molar-refractivity contribution < 1.29 is 0 Å². The fraction of sp³-hybridized carbons (Fsp3) is 0.471. The summed E-state index contributed by atoms with van der Waals surface area (Å²) in [4.78, 5) is 20.1. The van der Waals surface area contributed by atoms with Gasteiger partial charge in [0.25, 0.3) is 0 Å². The molecule has 0 unspecified atom stereocenters. The summed E-state index contributed by atoms with van der Waals surface area (Å²) in [6.45, 7) is 6.02. The summed E-state index contributed by atoms with van der Waals surface area (Å²) in [7, 11) is 4.02. The molecule has 0 amide bonds. The normalized spacial score (nSPS) is 15.4. The van der Waals surface area contributed by atoms with Crippen molar-refractivity contribution in [1.29, 1.82) is 0 Å². The van der Waals surface area contributed by atoms with Crippen molar-refractivity contribution in [1.82, 2.24) is 15.0 Å². The van der Waals surface area contributed by atoms with Gasteiger partial charge in [-0.3, -0.25) is 4.98 Å². The van der Waals surface area contributed by atoms with Gasteiger partial charge in [-0.15, -0.1) is 0 Å². The molecule has 0 aromatic carbocycles. The van der Waals surface area contributed by atoms with E-state index >= 15 is 0 Å². The molecule has 1 aliphatic heterocycles. The maximum atomic E-state index is 4.57. The Morgan fingerprint density at radius 2 is 1.65 bits per heavy atom. The van der Waals surface area contributed by atoms with Crippen LogP contribution in [0.3, 0.4) is 0 Å². The standard InChI is InChI=1S/C17H24N6/c1-14-13-15(5-6-18-14)22-9-4-10-23(12-11-22)17-16(21(2)3)19-7-8-20-17/h5-8,13H,4,9-12H2,1-3H3. The van der Waals surface area contributed by atoms with E-state index in [1.807, 2.05) is 32.1 Å². The highest BCUT2D eigenvalue weighted by molar-refractivity contribution is 5.61. The van der Waals surface area contributed by atoms with Crippen molar-refractivity contribution in [2.45, 2.75) is 13.3 Å². The van der Waals surface area contributed by atoms with Crippen LogP contribution in [0.15, 0.2) is 30.7 Å². The number of hydrogen-bond donors (Lipinski definition) is 0. The summed E-state index contributed by atoms with van der Waals surface area (Å²) >= 11 is 0. The van der Waals surface area contributed by atoms with Crippen molar-refractivity contribution in [2.75, 3.05) is 55.0 Å². The predicted octanol–water partition coefficient (Wildman–Crippen LogP) is 1.96. The van der Waals surface area contributed by atoms with Crippen molar-refractivity contribution >= 4 is 17.3 Å². The van der Waals surface area contributed by atoms with Crippen LogP contribution in [-0.2, 0) is 0 Å². The van der Waals surface area contributed by atoms with Gasteiger partial charge < -0.3 is 14.7 Å². The van der Waals surface area contributed by atoms with E-state index in [0.29, 0.717) is 0 Å². The summed E-state index contributed by atoms with van der Waals surface area (Å²) in [6.07, 6.45) is 6.52. The van der Waals surface area contributed by atoms with Crippen LogP contribution in [0.2, 0.25) is 0 Å². The van der Waals surface area contributed by atoms with Crippen molar-refractivity contribution in [3.05, 3.63) is 36.4 Å². The summed E-state index contributed by atoms with van der Waals surface area (Å²) in [5.41, 5.74) is 2.32. The molecule has 122 valence electrons. The zero-order valence-corrected chi connectivity index (χ0v) is 14.1. The fourth-order valence-electron chi connectivity index (χ4n) is 2.98. The van der Waals surface area contributed by atoms with E-state index in [4.69, 9.17) is 0 Å². The third-order valence-electron chi connectivity index (χ3n) is 4.12. The lowest BCUT2D eigenvalue weighted by atomic mass is 10.3. The van der Waals surface area contributed by atoms with E-state index < -0.39 is 0 Å². The highest BCUT2D eigenvalue weighted by atomic mass is 15.3. The second kappa shape index (κ2) is 6.81. The maximum Gasteiger partial charge on any atom is 0.172 e. The van der Waals surface area contributed by atoms with Crippen molar-refractivity contribution in [3.63, 3.8) is 0 Å². The number of anilines is 3. The van der Waals surface area contributed by atoms with Crippen LogP contribution < -0.4 is 14.7 Å². The minimum Gasteiger partial charge on any atom is -0.370 e. The van der Waals surface area contributed by atoms with Gasteiger partial charge in [-0.25, -0.2) is 9.97 Å². The third kappa shape index (κ3) is 3.52. The lowest BCUT2D eigenvalue weighted by Crippen LogP contribution is -2.32. The number of rotatable bonds is 3. The summed E-state index contributed by atoms with van der Waals surface area (Å²) < 4.78 is 0. The second-order valence-electron chi connectivity index (χ2n) is 6.08. The molecule has 23 heavy (non-hydrogen) atoms. The minimum absolute atomic E-state index is 0.931. The first-order valence-corrected chi connectivity index (χ1v) is 8.06. The molecule has 0 atom stereocenters. The molecule has 3 heterocycles. The van der Waals surface area contributed by atoms with Crippen LogP contribution >= 0.6 is 0 Å². The van der Waals surface area contributed by atoms with Gasteiger partial charge in [0.15, 0.2) is 11.6 Å². The smallest absolute Gasteiger partial charge is 0.172 e. The van der Waals surface area contributed by atoms with Crippen molar-refractivity contribution in [3.8, 4) is 0 Å². The van der Waals surface area contributed by atoms with Gasteiger partial charge in [0.05, 0.1) is 0 Å². The zero-order valence-electron chi connectivity index (χ0n) is 14.1. The molecule has 2 aromatic rings. The first-order valence-electron chi connectivity index (χ1n) is 8.06. The van der Waals surface area contributed by atoms with Crippen molar-refractivity contribution in [2.24, 2.45) is 0 Å². The first-order chi connectivity index (χ1) is 11.1. The Morgan fingerprint density at radius 1 is 0.913 bits per heavy atom. The Hall–Kier alpha value is -2.37. The van der Waals surface area contributed by atoms with E-state index in [1.165, 1.54) is 5.69 Å². The van der Waals surface area contributed by atoms with Crippen LogP contribution in [0.1, 0.15) is 12.1 Å². The molecule has 0 N–H and O–H groups in total. The quantitative estimate of drug-likeness (QED) is 0.863.